The van der Waals surface area contributed by atoms with Crippen molar-refractivity contribution in [3.05, 3.63) is 60.7 Å². The van der Waals surface area contributed by atoms with Crippen molar-refractivity contribution < 1.29 is 17.9 Å². The first-order valence-corrected chi connectivity index (χ1v) is 8.90. The third-order valence-electron chi connectivity index (χ3n) is 2.45. The Hall–Kier alpha value is -1.42. The van der Waals surface area contributed by atoms with Crippen molar-refractivity contribution in [1.29, 1.82) is 0 Å². The van der Waals surface area contributed by atoms with Crippen molar-refractivity contribution in [2.24, 2.45) is 0 Å². The second-order valence-corrected chi connectivity index (χ2v) is 9.55. The fraction of sp³-hybridized carbons (Fsp3) is 0. The molecule has 2 rings (SSSR count). The quantitative estimate of drug-likeness (QED) is 0.874. The fourth-order valence-corrected chi connectivity index (χ4v) is 5.52. The molecular formula is C12H11O4PS. The van der Waals surface area contributed by atoms with Crippen LogP contribution in [0.5, 0.6) is 0 Å². The molecule has 0 aliphatic carbocycles. The molecule has 0 saturated carbocycles. The summed E-state index contributed by atoms with van der Waals surface area (Å²) in [6, 6.07) is 14.7. The standard InChI is InChI=1S/C12H11O4PS/c13-17(14,11-7-3-1-4-8-11)18(15,16)12-9-5-2-6-10-12/h1-10H,(H,13,14). The van der Waals surface area contributed by atoms with E-state index in [0.29, 0.717) is 0 Å². The zero-order valence-electron chi connectivity index (χ0n) is 9.30. The molecule has 0 heterocycles. The normalized spacial score (nSPS) is 14.9. The molecule has 1 atom stereocenters. The first-order valence-electron chi connectivity index (χ1n) is 5.15. The number of rotatable bonds is 3. The third-order valence-corrected chi connectivity index (χ3v) is 8.14. The Labute approximate surface area is 105 Å². The maximum atomic E-state index is 12.2. The Bertz CT molecular complexity index is 681. The Morgan fingerprint density at radius 3 is 1.78 bits per heavy atom. The highest BCUT2D eigenvalue weighted by Gasteiger charge is 2.39. The number of hydrogen-bond acceptors (Lipinski definition) is 3. The lowest BCUT2D eigenvalue weighted by atomic mass is 10.4. The van der Waals surface area contributed by atoms with E-state index in [1.165, 1.54) is 48.5 Å². The lowest BCUT2D eigenvalue weighted by molar-refractivity contribution is 0.498. The molecule has 94 valence electrons. The van der Waals surface area contributed by atoms with Crippen LogP contribution in [-0.4, -0.2) is 13.3 Å². The Morgan fingerprint density at radius 1 is 0.833 bits per heavy atom. The van der Waals surface area contributed by atoms with Gasteiger partial charge in [-0.3, -0.25) is 4.57 Å². The molecule has 1 unspecified atom stereocenters. The maximum Gasteiger partial charge on any atom is 0.345 e. The van der Waals surface area contributed by atoms with Crippen molar-refractivity contribution in [2.45, 2.75) is 4.90 Å². The monoisotopic (exact) mass is 282 g/mol. The van der Waals surface area contributed by atoms with E-state index in [1.54, 1.807) is 12.1 Å². The summed E-state index contributed by atoms with van der Waals surface area (Å²) in [4.78, 5) is 9.78. The maximum absolute atomic E-state index is 12.2. The molecule has 4 nitrogen and oxygen atoms in total. The van der Waals surface area contributed by atoms with Gasteiger partial charge in [-0.25, -0.2) is 8.42 Å². The van der Waals surface area contributed by atoms with Gasteiger partial charge >= 0.3 is 6.57 Å². The highest BCUT2D eigenvalue weighted by molar-refractivity contribution is 8.53. The predicted molar refractivity (Wildman–Crippen MR) is 69.5 cm³/mol. The summed E-state index contributed by atoms with van der Waals surface area (Å²) in [5, 5.41) is -0.0890. The van der Waals surface area contributed by atoms with Gasteiger partial charge in [0.05, 0.1) is 10.2 Å². The first kappa shape index (κ1) is 13.0. The van der Waals surface area contributed by atoms with Crippen molar-refractivity contribution in [3.63, 3.8) is 0 Å². The van der Waals surface area contributed by atoms with Crippen molar-refractivity contribution in [3.8, 4) is 0 Å². The molecule has 0 spiro atoms. The topological polar surface area (TPSA) is 71.4 Å². The lowest BCUT2D eigenvalue weighted by Gasteiger charge is -2.12. The summed E-state index contributed by atoms with van der Waals surface area (Å²) in [5.74, 6) is 0. The minimum atomic E-state index is -4.50. The van der Waals surface area contributed by atoms with Crippen molar-refractivity contribution in [1.82, 2.24) is 0 Å². The van der Waals surface area contributed by atoms with Crippen LogP contribution in [0.4, 0.5) is 0 Å². The van der Waals surface area contributed by atoms with Gasteiger partial charge in [0.1, 0.15) is 0 Å². The number of hydrogen-bond donors (Lipinski definition) is 1. The highest BCUT2D eigenvalue weighted by atomic mass is 32.8. The number of benzene rings is 2. The fourth-order valence-electron chi connectivity index (χ4n) is 1.49. The van der Waals surface area contributed by atoms with Crippen LogP contribution in [0, 0.1) is 0 Å². The molecule has 0 aliphatic heterocycles. The molecule has 0 radical (unpaired) electrons. The lowest BCUT2D eigenvalue weighted by Crippen LogP contribution is -2.13. The van der Waals surface area contributed by atoms with Crippen molar-refractivity contribution >= 4 is 21.3 Å². The van der Waals surface area contributed by atoms with Gasteiger partial charge in [0.15, 0.2) is 0 Å². The molecule has 0 fully saturated rings. The Morgan fingerprint density at radius 2 is 1.28 bits per heavy atom. The summed E-state index contributed by atoms with van der Waals surface area (Å²) >= 11 is 0. The minimum Gasteiger partial charge on any atom is -0.330 e. The van der Waals surface area contributed by atoms with Crippen molar-refractivity contribution in [2.75, 3.05) is 0 Å². The average molecular weight is 282 g/mol. The molecule has 0 amide bonds. The van der Waals surface area contributed by atoms with E-state index in [-0.39, 0.29) is 10.2 Å². The van der Waals surface area contributed by atoms with Gasteiger partial charge < -0.3 is 4.89 Å². The SMILES string of the molecule is O=P(O)(c1ccccc1)S(=O)(=O)c1ccccc1. The van der Waals surface area contributed by atoms with Crippen LogP contribution in [0.1, 0.15) is 0 Å². The molecule has 2 aromatic carbocycles. The second kappa shape index (κ2) is 4.69. The highest BCUT2D eigenvalue weighted by Crippen LogP contribution is 2.50. The van der Waals surface area contributed by atoms with Gasteiger partial charge in [-0.05, 0) is 24.3 Å². The van der Waals surface area contributed by atoms with Gasteiger partial charge in [0.25, 0.3) is 9.46 Å². The first-order chi connectivity index (χ1) is 8.46. The van der Waals surface area contributed by atoms with E-state index in [0.717, 1.165) is 0 Å². The largest absolute Gasteiger partial charge is 0.345 e. The smallest absolute Gasteiger partial charge is 0.330 e. The van der Waals surface area contributed by atoms with Gasteiger partial charge in [-0.1, -0.05) is 36.4 Å². The van der Waals surface area contributed by atoms with Gasteiger partial charge in [0.2, 0.25) is 0 Å². The van der Waals surface area contributed by atoms with E-state index in [1.807, 2.05) is 0 Å². The minimum absolute atomic E-state index is 0.0890. The molecule has 18 heavy (non-hydrogen) atoms. The summed E-state index contributed by atoms with van der Waals surface area (Å²) < 4.78 is 36.5. The molecule has 0 bridgehead atoms. The van der Waals surface area contributed by atoms with Gasteiger partial charge in [-0.2, -0.15) is 0 Å². The third kappa shape index (κ3) is 2.12. The average Bonchev–Trinajstić information content (AvgIpc) is 2.40. The summed E-state index contributed by atoms with van der Waals surface area (Å²) in [6.45, 7) is -4.50. The molecular weight excluding hydrogens is 271 g/mol. The van der Waals surface area contributed by atoms with Crippen LogP contribution >= 0.6 is 6.57 Å². The zero-order valence-corrected chi connectivity index (χ0v) is 11.0. The van der Waals surface area contributed by atoms with Crippen LogP contribution in [0.3, 0.4) is 0 Å². The zero-order chi connectivity index (χ0) is 13.2. The van der Waals surface area contributed by atoms with E-state index in [2.05, 4.69) is 0 Å². The van der Waals surface area contributed by atoms with Crippen LogP contribution in [0.15, 0.2) is 65.6 Å². The molecule has 0 aromatic heterocycles. The molecule has 6 heteroatoms. The molecule has 1 N–H and O–H groups in total. The van der Waals surface area contributed by atoms with E-state index in [4.69, 9.17) is 0 Å². The Balaban J connectivity index is 2.59. The van der Waals surface area contributed by atoms with Gasteiger partial charge in [-0.15, -0.1) is 0 Å². The summed E-state index contributed by atoms with van der Waals surface area (Å²) in [7, 11) is -4.28. The van der Waals surface area contributed by atoms with Crippen LogP contribution < -0.4 is 5.30 Å². The van der Waals surface area contributed by atoms with Crippen LogP contribution in [0.2, 0.25) is 0 Å². The summed E-state index contributed by atoms with van der Waals surface area (Å²) in [6.07, 6.45) is 0. The van der Waals surface area contributed by atoms with E-state index >= 15 is 0 Å². The molecule has 2 aromatic rings. The van der Waals surface area contributed by atoms with Crippen LogP contribution in [0.25, 0.3) is 0 Å². The Kier molecular flexibility index (Phi) is 3.39. The summed E-state index contributed by atoms with van der Waals surface area (Å²) in [5.41, 5.74) is 0. The van der Waals surface area contributed by atoms with Crippen LogP contribution in [-0.2, 0) is 14.0 Å². The van der Waals surface area contributed by atoms with E-state index < -0.39 is 16.0 Å². The molecule has 0 aliphatic rings. The predicted octanol–water partition coefficient (Wildman–Crippen LogP) is 1.97. The van der Waals surface area contributed by atoms with E-state index in [9.17, 15) is 17.9 Å². The molecule has 0 saturated heterocycles. The van der Waals surface area contributed by atoms with Gasteiger partial charge in [0, 0.05) is 0 Å². The second-order valence-electron chi connectivity index (χ2n) is 3.64.